The van der Waals surface area contributed by atoms with Crippen molar-refractivity contribution in [2.24, 2.45) is 0 Å². The molecule has 0 saturated heterocycles. The van der Waals surface area contributed by atoms with Crippen LogP contribution in [0.25, 0.3) is 0 Å². The Morgan fingerprint density at radius 2 is 2.33 bits per heavy atom. The molecule has 1 atom stereocenters. The van der Waals surface area contributed by atoms with Gasteiger partial charge in [0.25, 0.3) is 0 Å². The Morgan fingerprint density at radius 3 is 2.92 bits per heavy atom. The molecular weight excluding hydrogens is 150 g/mol. The summed E-state index contributed by atoms with van der Waals surface area (Å²) < 4.78 is 5.17. The first-order valence-corrected chi connectivity index (χ1v) is 4.39. The summed E-state index contributed by atoms with van der Waals surface area (Å²) in [5.74, 6) is 0.998. The maximum absolute atomic E-state index is 5.17. The summed E-state index contributed by atoms with van der Waals surface area (Å²) in [6.07, 6.45) is 6.51. The minimum Gasteiger partial charge on any atom is -0.497 e. The fourth-order valence-corrected chi connectivity index (χ4v) is 1.36. The average molecular weight is 167 g/mol. The number of hydrogen-bond acceptors (Lipinski definition) is 2. The molecule has 0 aliphatic heterocycles. The number of allylic oxidation sites excluding steroid dienone is 2. The second kappa shape index (κ2) is 4.31. The highest BCUT2D eigenvalue weighted by molar-refractivity contribution is 5.26. The van der Waals surface area contributed by atoms with Crippen molar-refractivity contribution in [1.29, 1.82) is 0 Å². The summed E-state index contributed by atoms with van der Waals surface area (Å²) in [6.45, 7) is 2.17. The average Bonchev–Trinajstić information content (AvgIpc) is 2.17. The predicted molar refractivity (Wildman–Crippen MR) is 50.9 cm³/mol. The first kappa shape index (κ1) is 9.33. The molecule has 0 amide bonds. The van der Waals surface area contributed by atoms with Crippen LogP contribution in [0.1, 0.15) is 19.8 Å². The maximum atomic E-state index is 5.17. The molecule has 0 fully saturated rings. The van der Waals surface area contributed by atoms with Gasteiger partial charge in [0.2, 0.25) is 0 Å². The summed E-state index contributed by atoms with van der Waals surface area (Å²) in [7, 11) is 3.70. The van der Waals surface area contributed by atoms with Crippen molar-refractivity contribution in [3.63, 3.8) is 0 Å². The molecule has 0 spiro atoms. The van der Waals surface area contributed by atoms with Gasteiger partial charge < -0.3 is 10.1 Å². The predicted octanol–water partition coefficient (Wildman–Crippen LogP) is 1.84. The topological polar surface area (TPSA) is 21.3 Å². The molecule has 1 rings (SSSR count). The zero-order valence-corrected chi connectivity index (χ0v) is 8.05. The molecule has 12 heavy (non-hydrogen) atoms. The van der Waals surface area contributed by atoms with E-state index < -0.39 is 0 Å². The Morgan fingerprint density at radius 1 is 1.58 bits per heavy atom. The molecule has 0 saturated carbocycles. The SMILES string of the molecule is CNC(C)C1=CC(OC)=CCC1. The maximum Gasteiger partial charge on any atom is 0.114 e. The van der Waals surface area contributed by atoms with Crippen molar-refractivity contribution in [2.45, 2.75) is 25.8 Å². The number of likely N-dealkylation sites (N-methyl/N-ethyl adjacent to an activating group) is 1. The number of methoxy groups -OCH3 is 1. The second-order valence-electron chi connectivity index (χ2n) is 3.08. The quantitative estimate of drug-likeness (QED) is 0.692. The van der Waals surface area contributed by atoms with E-state index in [0.29, 0.717) is 6.04 Å². The van der Waals surface area contributed by atoms with E-state index in [-0.39, 0.29) is 0 Å². The lowest BCUT2D eigenvalue weighted by Crippen LogP contribution is -2.24. The largest absolute Gasteiger partial charge is 0.497 e. The number of nitrogens with one attached hydrogen (secondary N) is 1. The van der Waals surface area contributed by atoms with E-state index in [0.717, 1.165) is 18.6 Å². The summed E-state index contributed by atoms with van der Waals surface area (Å²) in [6, 6.07) is 0.462. The summed E-state index contributed by atoms with van der Waals surface area (Å²) in [5, 5.41) is 3.23. The van der Waals surface area contributed by atoms with Crippen LogP contribution in [0, 0.1) is 0 Å². The Bertz CT molecular complexity index is 206. The Kier molecular flexibility index (Phi) is 3.35. The van der Waals surface area contributed by atoms with Crippen molar-refractivity contribution in [2.75, 3.05) is 14.2 Å². The first-order chi connectivity index (χ1) is 5.77. The molecule has 1 aliphatic carbocycles. The van der Waals surface area contributed by atoms with Crippen LogP contribution in [0.4, 0.5) is 0 Å². The van der Waals surface area contributed by atoms with Crippen LogP contribution in [0.5, 0.6) is 0 Å². The van der Waals surface area contributed by atoms with Gasteiger partial charge in [-0.05, 0) is 44.5 Å². The van der Waals surface area contributed by atoms with Crippen molar-refractivity contribution < 1.29 is 4.74 Å². The lowest BCUT2D eigenvalue weighted by molar-refractivity contribution is 0.302. The molecule has 0 radical (unpaired) electrons. The van der Waals surface area contributed by atoms with Crippen LogP contribution < -0.4 is 5.32 Å². The molecule has 0 aromatic heterocycles. The highest BCUT2D eigenvalue weighted by Gasteiger charge is 2.10. The third-order valence-corrected chi connectivity index (χ3v) is 2.33. The Labute approximate surface area is 74.3 Å². The van der Waals surface area contributed by atoms with Crippen LogP contribution in [0.3, 0.4) is 0 Å². The lowest BCUT2D eigenvalue weighted by atomic mass is 9.98. The van der Waals surface area contributed by atoms with Gasteiger partial charge in [0, 0.05) is 6.04 Å². The van der Waals surface area contributed by atoms with Crippen molar-refractivity contribution >= 4 is 0 Å². The fraction of sp³-hybridized carbons (Fsp3) is 0.600. The molecule has 0 heterocycles. The van der Waals surface area contributed by atoms with E-state index in [9.17, 15) is 0 Å². The van der Waals surface area contributed by atoms with Gasteiger partial charge in [-0.2, -0.15) is 0 Å². The van der Waals surface area contributed by atoms with E-state index in [1.54, 1.807) is 7.11 Å². The zero-order chi connectivity index (χ0) is 8.97. The van der Waals surface area contributed by atoms with Crippen LogP contribution in [0.2, 0.25) is 0 Å². The molecule has 0 bridgehead atoms. The van der Waals surface area contributed by atoms with Crippen LogP contribution in [-0.4, -0.2) is 20.2 Å². The standard InChI is InChI=1S/C10H17NO/c1-8(11-2)9-5-4-6-10(7-9)12-3/h6-8,11H,4-5H2,1-3H3. The third-order valence-electron chi connectivity index (χ3n) is 2.33. The van der Waals surface area contributed by atoms with Gasteiger partial charge in [-0.25, -0.2) is 0 Å². The minimum absolute atomic E-state index is 0.462. The van der Waals surface area contributed by atoms with Gasteiger partial charge in [-0.15, -0.1) is 0 Å². The number of ether oxygens (including phenoxy) is 1. The molecule has 68 valence electrons. The molecular formula is C10H17NO. The van der Waals surface area contributed by atoms with Gasteiger partial charge in [-0.3, -0.25) is 0 Å². The molecule has 1 unspecified atom stereocenters. The lowest BCUT2D eigenvalue weighted by Gasteiger charge is -2.18. The van der Waals surface area contributed by atoms with Crippen LogP contribution >= 0.6 is 0 Å². The van der Waals surface area contributed by atoms with Crippen LogP contribution in [0.15, 0.2) is 23.5 Å². The Hall–Kier alpha value is -0.760. The molecule has 0 aromatic carbocycles. The van der Waals surface area contributed by atoms with Crippen molar-refractivity contribution in [3.05, 3.63) is 23.5 Å². The van der Waals surface area contributed by atoms with Gasteiger partial charge in [0.1, 0.15) is 5.76 Å². The normalized spacial score (nSPS) is 19.6. The third kappa shape index (κ3) is 2.11. The molecule has 0 aromatic rings. The fourth-order valence-electron chi connectivity index (χ4n) is 1.36. The second-order valence-corrected chi connectivity index (χ2v) is 3.08. The van der Waals surface area contributed by atoms with Crippen LogP contribution in [-0.2, 0) is 4.74 Å². The number of hydrogen-bond donors (Lipinski definition) is 1. The first-order valence-electron chi connectivity index (χ1n) is 4.39. The van der Waals surface area contributed by atoms with E-state index in [4.69, 9.17) is 4.74 Å². The molecule has 1 N–H and O–H groups in total. The van der Waals surface area contributed by atoms with E-state index in [2.05, 4.69) is 24.4 Å². The van der Waals surface area contributed by atoms with Gasteiger partial charge in [0.15, 0.2) is 0 Å². The number of rotatable bonds is 3. The summed E-state index contributed by atoms with van der Waals surface area (Å²) in [5.41, 5.74) is 1.43. The van der Waals surface area contributed by atoms with E-state index in [1.807, 2.05) is 7.05 Å². The van der Waals surface area contributed by atoms with E-state index in [1.165, 1.54) is 5.57 Å². The highest BCUT2D eigenvalue weighted by atomic mass is 16.5. The highest BCUT2D eigenvalue weighted by Crippen LogP contribution is 2.19. The van der Waals surface area contributed by atoms with Gasteiger partial charge in [-0.1, -0.05) is 0 Å². The minimum atomic E-state index is 0.462. The molecule has 2 nitrogen and oxygen atoms in total. The van der Waals surface area contributed by atoms with Gasteiger partial charge in [0.05, 0.1) is 7.11 Å². The monoisotopic (exact) mass is 167 g/mol. The van der Waals surface area contributed by atoms with Crippen molar-refractivity contribution in [3.8, 4) is 0 Å². The van der Waals surface area contributed by atoms with E-state index >= 15 is 0 Å². The van der Waals surface area contributed by atoms with Crippen molar-refractivity contribution in [1.82, 2.24) is 5.32 Å². The molecule has 2 heteroatoms. The Balaban J connectivity index is 2.65. The smallest absolute Gasteiger partial charge is 0.114 e. The summed E-state index contributed by atoms with van der Waals surface area (Å²) >= 11 is 0. The summed E-state index contributed by atoms with van der Waals surface area (Å²) in [4.78, 5) is 0. The zero-order valence-electron chi connectivity index (χ0n) is 8.05. The van der Waals surface area contributed by atoms with Gasteiger partial charge >= 0.3 is 0 Å². The molecule has 1 aliphatic rings.